The number of hydrogen-bond acceptors (Lipinski definition) is 4. The van der Waals surface area contributed by atoms with E-state index in [1.165, 1.54) is 0 Å². The van der Waals surface area contributed by atoms with Gasteiger partial charge in [-0.2, -0.15) is 0 Å². The van der Waals surface area contributed by atoms with Gasteiger partial charge in [-0.3, -0.25) is 0 Å². The Morgan fingerprint density at radius 3 is 1.37 bits per heavy atom. The molecule has 4 heteroatoms. The first kappa shape index (κ1) is 18.4. The molecule has 0 saturated carbocycles. The van der Waals surface area contributed by atoms with Crippen LogP contribution in [-0.2, 0) is 9.47 Å². The molecular weight excluding hydrogens is 340 g/mol. The van der Waals surface area contributed by atoms with Gasteiger partial charge in [0.15, 0.2) is 0 Å². The lowest BCUT2D eigenvalue weighted by atomic mass is 10.0. The molecule has 0 radical (unpaired) electrons. The van der Waals surface area contributed by atoms with Crippen LogP contribution in [0.25, 0.3) is 0 Å². The van der Waals surface area contributed by atoms with Crippen LogP contribution < -0.4 is 0 Å². The van der Waals surface area contributed by atoms with Gasteiger partial charge < -0.3 is 9.47 Å². The Kier molecular flexibility index (Phi) is 6.36. The van der Waals surface area contributed by atoms with Crippen molar-refractivity contribution in [1.82, 2.24) is 0 Å². The molecule has 3 aromatic carbocycles. The van der Waals surface area contributed by atoms with Crippen molar-refractivity contribution in [2.24, 2.45) is 0 Å². The van der Waals surface area contributed by atoms with Crippen molar-refractivity contribution in [1.29, 1.82) is 0 Å². The summed E-state index contributed by atoms with van der Waals surface area (Å²) >= 11 is 0. The maximum absolute atomic E-state index is 12.2. The van der Waals surface area contributed by atoms with Crippen molar-refractivity contribution in [2.45, 2.75) is 5.92 Å². The number of esters is 2. The van der Waals surface area contributed by atoms with Crippen LogP contribution in [0.4, 0.5) is 0 Å². The Morgan fingerprint density at radius 1 is 0.593 bits per heavy atom. The van der Waals surface area contributed by atoms with Crippen LogP contribution in [0.5, 0.6) is 0 Å². The van der Waals surface area contributed by atoms with E-state index in [1.54, 1.807) is 48.5 Å². The van der Waals surface area contributed by atoms with Gasteiger partial charge in [0.05, 0.1) is 17.0 Å². The first-order valence-electron chi connectivity index (χ1n) is 8.73. The Bertz CT molecular complexity index is 805. The third kappa shape index (κ3) is 5.28. The lowest BCUT2D eigenvalue weighted by molar-refractivity contribution is 0.0347. The number of hydrogen-bond donors (Lipinski definition) is 0. The molecule has 0 atom stereocenters. The summed E-state index contributed by atoms with van der Waals surface area (Å²) < 4.78 is 10.9. The number of carbonyl (C=O) groups is 2. The van der Waals surface area contributed by atoms with Gasteiger partial charge in [0.2, 0.25) is 0 Å². The smallest absolute Gasteiger partial charge is 0.338 e. The molecule has 0 amide bonds. The van der Waals surface area contributed by atoms with Gasteiger partial charge >= 0.3 is 11.9 Å². The maximum atomic E-state index is 12.2. The van der Waals surface area contributed by atoms with Gasteiger partial charge in [-0.15, -0.1) is 0 Å². The zero-order valence-corrected chi connectivity index (χ0v) is 14.8. The third-order valence-corrected chi connectivity index (χ3v) is 4.12. The zero-order chi connectivity index (χ0) is 18.9. The molecule has 0 spiro atoms. The van der Waals surface area contributed by atoms with Gasteiger partial charge in [-0.25, -0.2) is 9.59 Å². The van der Waals surface area contributed by atoms with Crippen LogP contribution in [0.3, 0.4) is 0 Å². The summed E-state index contributed by atoms with van der Waals surface area (Å²) in [6, 6.07) is 27.2. The minimum Gasteiger partial charge on any atom is -0.461 e. The van der Waals surface area contributed by atoms with Crippen LogP contribution in [0, 0.1) is 0 Å². The lowest BCUT2D eigenvalue weighted by Gasteiger charge is -2.18. The fourth-order valence-corrected chi connectivity index (χ4v) is 2.63. The van der Waals surface area contributed by atoms with Gasteiger partial charge in [0.1, 0.15) is 13.2 Å². The molecule has 0 bridgehead atoms. The second-order valence-electron chi connectivity index (χ2n) is 6.04. The minimum atomic E-state index is -0.397. The van der Waals surface area contributed by atoms with Gasteiger partial charge in [0.25, 0.3) is 0 Å². The average Bonchev–Trinajstić information content (AvgIpc) is 2.75. The van der Waals surface area contributed by atoms with E-state index >= 15 is 0 Å². The fraction of sp³-hybridized carbons (Fsp3) is 0.130. The molecule has 136 valence electrons. The first-order valence-corrected chi connectivity index (χ1v) is 8.73. The number of ether oxygens (including phenoxy) is 2. The molecule has 0 aromatic heterocycles. The van der Waals surface area contributed by atoms with Crippen LogP contribution >= 0.6 is 0 Å². The van der Waals surface area contributed by atoms with Crippen LogP contribution in [0.2, 0.25) is 0 Å². The number of carbonyl (C=O) groups excluding carboxylic acids is 2. The molecule has 0 fully saturated rings. The van der Waals surface area contributed by atoms with Crippen molar-refractivity contribution in [3.8, 4) is 0 Å². The SMILES string of the molecule is O=C(OCC(COC(=O)c1ccccc1)c1ccccc1)c1ccccc1. The van der Waals surface area contributed by atoms with E-state index in [2.05, 4.69) is 0 Å². The van der Waals surface area contributed by atoms with Gasteiger partial charge in [-0.05, 0) is 29.8 Å². The maximum Gasteiger partial charge on any atom is 0.338 e. The highest BCUT2D eigenvalue weighted by molar-refractivity contribution is 5.89. The predicted molar refractivity (Wildman–Crippen MR) is 103 cm³/mol. The van der Waals surface area contributed by atoms with Crippen molar-refractivity contribution in [3.05, 3.63) is 108 Å². The van der Waals surface area contributed by atoms with E-state index in [9.17, 15) is 9.59 Å². The van der Waals surface area contributed by atoms with Crippen LogP contribution in [0.1, 0.15) is 32.2 Å². The molecule has 4 nitrogen and oxygen atoms in total. The van der Waals surface area contributed by atoms with E-state index in [-0.39, 0.29) is 19.1 Å². The second kappa shape index (κ2) is 9.34. The van der Waals surface area contributed by atoms with Crippen LogP contribution in [-0.4, -0.2) is 25.2 Å². The average molecular weight is 360 g/mol. The van der Waals surface area contributed by atoms with Crippen molar-refractivity contribution in [2.75, 3.05) is 13.2 Å². The largest absolute Gasteiger partial charge is 0.461 e. The quantitative estimate of drug-likeness (QED) is 0.583. The summed E-state index contributed by atoms with van der Waals surface area (Å²) in [6.45, 7) is 0.250. The molecule has 0 aliphatic heterocycles. The Balaban J connectivity index is 1.65. The Labute approximate surface area is 158 Å². The molecule has 3 rings (SSSR count). The second-order valence-corrected chi connectivity index (χ2v) is 6.04. The normalized spacial score (nSPS) is 10.4. The number of benzene rings is 3. The summed E-state index contributed by atoms with van der Waals surface area (Å²) in [5.41, 5.74) is 1.93. The first-order chi connectivity index (χ1) is 13.2. The molecule has 0 aliphatic rings. The van der Waals surface area contributed by atoms with Crippen molar-refractivity contribution >= 4 is 11.9 Å². The monoisotopic (exact) mass is 360 g/mol. The predicted octanol–water partition coefficient (Wildman–Crippen LogP) is 4.48. The fourth-order valence-electron chi connectivity index (χ4n) is 2.63. The topological polar surface area (TPSA) is 52.6 Å². The van der Waals surface area contributed by atoms with Crippen molar-refractivity contribution < 1.29 is 19.1 Å². The molecule has 0 heterocycles. The summed E-state index contributed by atoms with van der Waals surface area (Å²) in [5, 5.41) is 0. The molecule has 0 aliphatic carbocycles. The lowest BCUT2D eigenvalue weighted by Crippen LogP contribution is -2.19. The van der Waals surface area contributed by atoms with E-state index < -0.39 is 11.9 Å². The molecule has 3 aromatic rings. The summed E-state index contributed by atoms with van der Waals surface area (Å²) in [7, 11) is 0. The Morgan fingerprint density at radius 2 is 0.963 bits per heavy atom. The van der Waals surface area contributed by atoms with Crippen molar-refractivity contribution in [3.63, 3.8) is 0 Å². The third-order valence-electron chi connectivity index (χ3n) is 4.12. The minimum absolute atomic E-state index is 0.125. The summed E-state index contributed by atoms with van der Waals surface area (Å²) in [5.74, 6) is -1.04. The molecular formula is C23H20O4. The number of rotatable bonds is 7. The highest BCUT2D eigenvalue weighted by Crippen LogP contribution is 2.18. The standard InChI is InChI=1S/C23H20O4/c24-22(19-12-6-2-7-13-19)26-16-21(18-10-4-1-5-11-18)17-27-23(25)20-14-8-3-9-15-20/h1-15,21H,16-17H2. The molecule has 27 heavy (non-hydrogen) atoms. The van der Waals surface area contributed by atoms with E-state index in [1.807, 2.05) is 42.5 Å². The van der Waals surface area contributed by atoms with E-state index in [0.717, 1.165) is 5.56 Å². The Hall–Kier alpha value is -3.40. The molecule has 0 saturated heterocycles. The zero-order valence-electron chi connectivity index (χ0n) is 14.8. The summed E-state index contributed by atoms with van der Waals surface area (Å²) in [6.07, 6.45) is 0. The van der Waals surface area contributed by atoms with Gasteiger partial charge in [0, 0.05) is 0 Å². The van der Waals surface area contributed by atoms with Gasteiger partial charge in [-0.1, -0.05) is 66.7 Å². The van der Waals surface area contributed by atoms with E-state index in [0.29, 0.717) is 11.1 Å². The molecule has 0 N–H and O–H groups in total. The highest BCUT2D eigenvalue weighted by atomic mass is 16.5. The molecule has 0 unspecified atom stereocenters. The summed E-state index contributed by atoms with van der Waals surface area (Å²) in [4.78, 5) is 24.4. The van der Waals surface area contributed by atoms with E-state index in [4.69, 9.17) is 9.47 Å². The van der Waals surface area contributed by atoms with Crippen LogP contribution in [0.15, 0.2) is 91.0 Å². The highest BCUT2D eigenvalue weighted by Gasteiger charge is 2.18.